The number of phenols is 3. The van der Waals surface area contributed by atoms with E-state index in [2.05, 4.69) is 82.2 Å². The molecule has 0 saturated heterocycles. The molecular formula is C69H54N16O16S5. The number of azo groups is 5. The van der Waals surface area contributed by atoms with Gasteiger partial charge in [0.25, 0.3) is 46.2 Å². The number of aromatic hydroxyl groups is 3. The van der Waals surface area contributed by atoms with Crippen molar-refractivity contribution in [2.45, 2.75) is 45.2 Å². The topological polar surface area (TPSA) is 495 Å². The van der Waals surface area contributed by atoms with E-state index >= 15 is 0 Å². The van der Waals surface area contributed by atoms with Gasteiger partial charge in [0.1, 0.15) is 50.2 Å². The monoisotopic (exact) mass is 1520 g/mol. The highest BCUT2D eigenvalue weighted by Crippen LogP contribution is 2.50. The predicted molar refractivity (Wildman–Crippen MR) is 394 cm³/mol. The molecule has 0 aliphatic carbocycles. The molecule has 0 atom stereocenters. The van der Waals surface area contributed by atoms with E-state index < -0.39 is 72.9 Å². The molecule has 37 heteroatoms. The van der Waals surface area contributed by atoms with Gasteiger partial charge in [0.15, 0.2) is 11.5 Å². The molecule has 0 saturated carbocycles. The molecule has 1 aromatic heterocycles. The maximum Gasteiger partial charge on any atom is 0.296 e. The Balaban J connectivity index is 0.694. The van der Waals surface area contributed by atoms with E-state index in [1.165, 1.54) is 103 Å². The highest BCUT2D eigenvalue weighted by Gasteiger charge is 2.28. The lowest BCUT2D eigenvalue weighted by molar-refractivity contribution is -0.129. The minimum Gasteiger partial charge on any atom is -0.506 e. The van der Waals surface area contributed by atoms with Crippen molar-refractivity contribution < 1.29 is 71.8 Å². The molecule has 0 aliphatic rings. The van der Waals surface area contributed by atoms with Crippen molar-refractivity contribution in [3.63, 3.8) is 0 Å². The van der Waals surface area contributed by atoms with Crippen LogP contribution in [-0.2, 0) is 49.5 Å². The molecule has 0 aliphatic heterocycles. The van der Waals surface area contributed by atoms with Crippen molar-refractivity contribution in [1.29, 1.82) is 0 Å². The first kappa shape index (κ1) is 73.0. The fourth-order valence-electron chi connectivity index (χ4n) is 10.4. The first-order valence-corrected chi connectivity index (χ1v) is 37.2. The average Bonchev–Trinajstić information content (AvgIpc) is 0.773. The van der Waals surface area contributed by atoms with Gasteiger partial charge < -0.3 is 36.2 Å². The molecule has 12 aromatic rings. The summed E-state index contributed by atoms with van der Waals surface area (Å²) in [5, 5.41) is 79.2. The number of aromatic nitrogens is 2. The number of nitrogens with two attached hydrogens (primary N) is 2. The minimum atomic E-state index is -5.04. The third-order valence-corrected chi connectivity index (χ3v) is 20.7. The second-order valence-electron chi connectivity index (χ2n) is 22.9. The molecule has 1 heterocycles. The van der Waals surface area contributed by atoms with E-state index in [0.717, 1.165) is 41.6 Å². The molecule has 0 fully saturated rings. The number of nitrogens with one attached hydrogen (secondary N) is 2. The molecule has 0 bridgehead atoms. The smallest absolute Gasteiger partial charge is 0.296 e. The molecule has 0 radical (unpaired) electrons. The van der Waals surface area contributed by atoms with E-state index in [0.29, 0.717) is 38.8 Å². The van der Waals surface area contributed by atoms with Crippen molar-refractivity contribution in [1.82, 2.24) is 10.1 Å². The molecule has 11 N–H and O–H groups in total. The van der Waals surface area contributed by atoms with Gasteiger partial charge in [-0.05, 0) is 189 Å². The summed E-state index contributed by atoms with van der Waals surface area (Å²) in [6.45, 7) is 8.45. The quantitative estimate of drug-likeness (QED) is 0.00312. The maximum atomic E-state index is 13.7. The number of nitrogen functional groups attached to an aromatic ring is 2. The number of aryl methyl sites for hydroxylation is 3. The van der Waals surface area contributed by atoms with Crippen LogP contribution in [0.2, 0.25) is 0 Å². The lowest BCUT2D eigenvalue weighted by Crippen LogP contribution is -2.12. The fraction of sp³-hybridized carbons (Fsp3) is 0.0435. The van der Waals surface area contributed by atoms with Gasteiger partial charge in [0.05, 0.1) is 83.7 Å². The van der Waals surface area contributed by atoms with Crippen LogP contribution in [0.1, 0.15) is 16.7 Å². The Bertz CT molecular complexity index is 6140. The number of phenolic OH excluding ortho intramolecular Hbond substituents is 3. The number of fused-ring (bicyclic) bond motifs is 2. The summed E-state index contributed by atoms with van der Waals surface area (Å²) in [5.41, 5.74) is 15.4. The first-order valence-electron chi connectivity index (χ1n) is 30.6. The lowest BCUT2D eigenvalue weighted by Gasteiger charge is -2.14. The standard InChI is InChI=1S/C69H54N16O16S5/c1-5-99-101-102-48-23-16-43(17-24-48)75-80-63-38(3)32-41-34-58(106(96,97)98)65(67(88)59(41)61(63)70)82-76-45-20-27-49(28-21-45)103(89,90)84-46-14-12-42(13-15-46)73-78-54-35-47(22-30-56(54)86)85-104(91,92)50-25-18-44(19-26-50)74-79-55-36-57(105(93,94)95)52-33-39(4)64(62(71)60(52)66(55)87)81-77-53-29-11-37(2)31-51(53)69-72-68(83-100-69)40-9-7-6-8-10-40/h5-36,84-88H,1,70-71H2,2-4H3,(H,93,94,95)(H,96,97,98). The summed E-state index contributed by atoms with van der Waals surface area (Å²) in [6.07, 6.45) is 1.12. The molecule has 12 rings (SSSR count). The molecule has 0 amide bonds. The first-order chi connectivity index (χ1) is 50.5. The van der Waals surface area contributed by atoms with E-state index in [9.17, 15) is 58.1 Å². The molecule has 0 spiro atoms. The Kier molecular flexibility index (Phi) is 20.6. The summed E-state index contributed by atoms with van der Waals surface area (Å²) in [6, 6.07) is 44.7. The maximum absolute atomic E-state index is 13.7. The zero-order valence-corrected chi connectivity index (χ0v) is 59.1. The number of hydrogen-bond acceptors (Lipinski definition) is 29. The minimum absolute atomic E-state index is 0.00539. The van der Waals surface area contributed by atoms with Crippen LogP contribution in [0, 0.1) is 20.8 Å². The number of benzene rings is 11. The molecule has 106 heavy (non-hydrogen) atoms. The summed E-state index contributed by atoms with van der Waals surface area (Å²) < 4.78 is 141. The van der Waals surface area contributed by atoms with Crippen LogP contribution in [-0.4, -0.2) is 68.2 Å². The van der Waals surface area contributed by atoms with E-state index in [-0.39, 0.29) is 99.8 Å². The SMILES string of the molecule is C=COOSc1ccc(N=Nc2c(C)cc3cc(S(=O)(=O)O)c(N=Nc4ccc(S(=O)(=O)Nc5ccc(N=Nc6cc(NS(=O)(=O)c7ccc(N=Nc8cc(S(=O)(=O)O)c9cc(C)c(N=Nc%10ccc(C)cc%10-c%10nc(-c%11ccccc%11)no%10)c(N)c9c8O)cc7)ccc6O)cc5)cc4)c(O)c3c2N)cc1. The van der Waals surface area contributed by atoms with Gasteiger partial charge in [0, 0.05) is 21.5 Å². The van der Waals surface area contributed by atoms with Gasteiger partial charge in [-0.2, -0.15) is 42.3 Å². The average molecular weight is 1520 g/mol. The molecule has 11 aromatic carbocycles. The summed E-state index contributed by atoms with van der Waals surface area (Å²) in [4.78, 5) is 7.89. The number of rotatable bonds is 24. The van der Waals surface area contributed by atoms with Gasteiger partial charge in [-0.3, -0.25) is 18.5 Å². The summed E-state index contributed by atoms with van der Waals surface area (Å²) in [5.74, 6) is -1.31. The summed E-state index contributed by atoms with van der Waals surface area (Å²) >= 11 is 0.933. The zero-order chi connectivity index (χ0) is 75.4. The summed E-state index contributed by atoms with van der Waals surface area (Å²) in [7, 11) is -18.7. The Labute approximate surface area is 606 Å². The van der Waals surface area contributed by atoms with E-state index in [1.54, 1.807) is 56.3 Å². The molecule has 0 unspecified atom stereocenters. The van der Waals surface area contributed by atoms with Crippen LogP contribution in [0.5, 0.6) is 17.2 Å². The Hall–Kier alpha value is -12.8. The van der Waals surface area contributed by atoms with E-state index in [1.807, 2.05) is 37.3 Å². The fourth-order valence-corrected chi connectivity index (χ4v) is 14.3. The number of sulfonamides is 2. The van der Waals surface area contributed by atoms with Crippen molar-refractivity contribution in [2.75, 3.05) is 20.9 Å². The van der Waals surface area contributed by atoms with Crippen LogP contribution < -0.4 is 20.9 Å². The van der Waals surface area contributed by atoms with Crippen LogP contribution in [0.3, 0.4) is 0 Å². The van der Waals surface area contributed by atoms with Gasteiger partial charge in [-0.15, -0.1) is 35.0 Å². The van der Waals surface area contributed by atoms with Crippen molar-refractivity contribution in [3.8, 4) is 40.1 Å². The van der Waals surface area contributed by atoms with Crippen molar-refractivity contribution in [3.05, 3.63) is 218 Å². The highest BCUT2D eigenvalue weighted by molar-refractivity contribution is 7.94. The predicted octanol–water partition coefficient (Wildman–Crippen LogP) is 18.2. The number of hydrogen-bond donors (Lipinski definition) is 9. The van der Waals surface area contributed by atoms with Crippen LogP contribution >= 0.6 is 12.0 Å². The molecule has 32 nitrogen and oxygen atoms in total. The third kappa shape index (κ3) is 16.2. The van der Waals surface area contributed by atoms with Crippen LogP contribution in [0.15, 0.2) is 281 Å². The second-order valence-corrected chi connectivity index (χ2v) is 29.8. The largest absolute Gasteiger partial charge is 0.506 e. The normalized spacial score (nSPS) is 12.4. The Morgan fingerprint density at radius 3 is 1.63 bits per heavy atom. The zero-order valence-electron chi connectivity index (χ0n) is 55.0. The van der Waals surface area contributed by atoms with Crippen LogP contribution in [0.4, 0.5) is 79.6 Å². The molecular weight excluding hydrogens is 1470 g/mol. The van der Waals surface area contributed by atoms with Gasteiger partial charge >= 0.3 is 0 Å². The van der Waals surface area contributed by atoms with Crippen molar-refractivity contribution in [2.24, 2.45) is 51.1 Å². The van der Waals surface area contributed by atoms with Gasteiger partial charge in [-0.1, -0.05) is 53.7 Å². The Morgan fingerprint density at radius 1 is 0.509 bits per heavy atom. The third-order valence-electron chi connectivity index (χ3n) is 15.5. The van der Waals surface area contributed by atoms with Crippen molar-refractivity contribution >= 4 is 153 Å². The number of nitrogens with zero attached hydrogens (tertiary/aromatic N) is 12. The highest BCUT2D eigenvalue weighted by atomic mass is 32.2. The van der Waals surface area contributed by atoms with Crippen LogP contribution in [0.25, 0.3) is 44.4 Å². The number of anilines is 4. The van der Waals surface area contributed by atoms with Gasteiger partial charge in [0.2, 0.25) is 5.82 Å². The van der Waals surface area contributed by atoms with E-state index in [4.69, 9.17) is 20.3 Å². The Morgan fingerprint density at radius 2 is 1.03 bits per heavy atom. The second kappa shape index (κ2) is 29.9. The van der Waals surface area contributed by atoms with Gasteiger partial charge in [-0.25, -0.2) is 16.8 Å². The molecule has 536 valence electrons. The lowest BCUT2D eigenvalue weighted by atomic mass is 10.0.